The number of hydrogen-bond donors (Lipinski definition) is 0. The van der Waals surface area contributed by atoms with Crippen LogP contribution in [0, 0.1) is 0 Å². The zero-order valence-electron chi connectivity index (χ0n) is 13.6. The van der Waals surface area contributed by atoms with Gasteiger partial charge in [0.2, 0.25) is 0 Å². The summed E-state index contributed by atoms with van der Waals surface area (Å²) in [5.74, 6) is 0.245. The number of carbonyl (C=O) groups is 1. The van der Waals surface area contributed by atoms with E-state index in [1.54, 1.807) is 0 Å². The average Bonchev–Trinajstić information content (AvgIpc) is 2.58. The number of rotatable bonds is 4. The molecule has 0 aromatic heterocycles. The number of hydrogen-bond acceptors (Lipinski definition) is 4. The molecule has 2 aliphatic rings. The first kappa shape index (κ1) is 15.5. The number of nitrogens with zero attached hydrogens (tertiary/aromatic N) is 3. The van der Waals surface area contributed by atoms with Gasteiger partial charge in [0.25, 0.3) is 0 Å². The maximum Gasteiger partial charge on any atom is 0.176 e. The van der Waals surface area contributed by atoms with Crippen molar-refractivity contribution in [3.8, 4) is 0 Å². The Morgan fingerprint density at radius 2 is 1.55 bits per heavy atom. The van der Waals surface area contributed by atoms with Crippen molar-refractivity contribution in [1.29, 1.82) is 0 Å². The van der Waals surface area contributed by atoms with Gasteiger partial charge in [-0.15, -0.1) is 0 Å². The number of anilines is 1. The van der Waals surface area contributed by atoms with Gasteiger partial charge in [-0.2, -0.15) is 0 Å². The third kappa shape index (κ3) is 3.87. The Morgan fingerprint density at radius 1 is 0.909 bits per heavy atom. The Kier molecular flexibility index (Phi) is 5.11. The number of piperazine rings is 1. The molecule has 0 N–H and O–H groups in total. The summed E-state index contributed by atoms with van der Waals surface area (Å²) in [6.07, 6.45) is 3.91. The molecule has 0 atom stereocenters. The standard InChI is InChI=1S/C18H27N3O/c1-19-11-13-20(14-12-19)15-18(22)16-5-7-17(8-6-16)21-9-3-2-4-10-21/h5-8H,2-4,9-15H2,1H3. The SMILES string of the molecule is CN1CCN(CC(=O)c2ccc(N3CCCCC3)cc2)CC1. The highest BCUT2D eigenvalue weighted by Gasteiger charge is 2.18. The van der Waals surface area contributed by atoms with Crippen LogP contribution in [0.25, 0.3) is 0 Å². The van der Waals surface area contributed by atoms with E-state index in [9.17, 15) is 4.79 Å². The van der Waals surface area contributed by atoms with Crippen LogP contribution in [0.3, 0.4) is 0 Å². The largest absolute Gasteiger partial charge is 0.372 e. The zero-order valence-corrected chi connectivity index (χ0v) is 13.6. The molecule has 0 amide bonds. The van der Waals surface area contributed by atoms with Crippen molar-refractivity contribution in [2.24, 2.45) is 0 Å². The number of ketones is 1. The highest BCUT2D eigenvalue weighted by Crippen LogP contribution is 2.20. The van der Waals surface area contributed by atoms with Gasteiger partial charge in [-0.3, -0.25) is 9.69 Å². The first-order chi connectivity index (χ1) is 10.7. The summed E-state index contributed by atoms with van der Waals surface area (Å²) >= 11 is 0. The van der Waals surface area contributed by atoms with E-state index in [2.05, 4.69) is 33.9 Å². The molecule has 0 unspecified atom stereocenters. The van der Waals surface area contributed by atoms with Gasteiger partial charge >= 0.3 is 0 Å². The predicted molar refractivity (Wildman–Crippen MR) is 90.8 cm³/mol. The lowest BCUT2D eigenvalue weighted by Gasteiger charge is -2.31. The summed E-state index contributed by atoms with van der Waals surface area (Å²) < 4.78 is 0. The van der Waals surface area contributed by atoms with Crippen LogP contribution in [0.5, 0.6) is 0 Å². The van der Waals surface area contributed by atoms with E-state index in [0.717, 1.165) is 44.8 Å². The molecular formula is C18H27N3O. The lowest BCUT2D eigenvalue weighted by atomic mass is 10.1. The quantitative estimate of drug-likeness (QED) is 0.796. The fraction of sp³-hybridized carbons (Fsp3) is 0.611. The van der Waals surface area contributed by atoms with Crippen molar-refractivity contribution in [1.82, 2.24) is 9.80 Å². The second-order valence-corrected chi connectivity index (χ2v) is 6.60. The van der Waals surface area contributed by atoms with Crippen molar-refractivity contribution in [2.75, 3.05) is 57.8 Å². The second-order valence-electron chi connectivity index (χ2n) is 6.60. The predicted octanol–water partition coefficient (Wildman–Crippen LogP) is 2.11. The van der Waals surface area contributed by atoms with Crippen molar-refractivity contribution >= 4 is 11.5 Å². The van der Waals surface area contributed by atoms with E-state index in [4.69, 9.17) is 0 Å². The molecule has 4 heteroatoms. The van der Waals surface area contributed by atoms with Crippen LogP contribution in [0.15, 0.2) is 24.3 Å². The number of benzene rings is 1. The number of carbonyl (C=O) groups excluding carboxylic acids is 1. The topological polar surface area (TPSA) is 26.8 Å². The maximum atomic E-state index is 12.4. The third-order valence-corrected chi connectivity index (χ3v) is 4.87. The third-order valence-electron chi connectivity index (χ3n) is 4.87. The van der Waals surface area contributed by atoms with E-state index in [1.807, 2.05) is 12.1 Å². The number of likely N-dealkylation sites (N-methyl/N-ethyl adjacent to an activating group) is 1. The number of piperidine rings is 1. The summed E-state index contributed by atoms with van der Waals surface area (Å²) in [6.45, 7) is 6.95. The molecule has 2 aliphatic heterocycles. The minimum Gasteiger partial charge on any atom is -0.372 e. The van der Waals surface area contributed by atoms with Crippen LogP contribution in [-0.4, -0.2) is 68.4 Å². The summed E-state index contributed by atoms with van der Waals surface area (Å²) in [7, 11) is 2.14. The van der Waals surface area contributed by atoms with Gasteiger partial charge in [-0.1, -0.05) is 0 Å². The van der Waals surface area contributed by atoms with Gasteiger partial charge in [0, 0.05) is 50.5 Å². The molecule has 2 fully saturated rings. The van der Waals surface area contributed by atoms with Gasteiger partial charge < -0.3 is 9.80 Å². The molecule has 0 bridgehead atoms. The van der Waals surface area contributed by atoms with Crippen LogP contribution in [-0.2, 0) is 0 Å². The molecule has 0 aliphatic carbocycles. The van der Waals surface area contributed by atoms with E-state index in [0.29, 0.717) is 6.54 Å². The molecule has 3 rings (SSSR count). The minimum absolute atomic E-state index is 0.245. The summed E-state index contributed by atoms with van der Waals surface area (Å²) in [6, 6.07) is 8.23. The Labute approximate surface area is 133 Å². The van der Waals surface area contributed by atoms with Crippen LogP contribution in [0.1, 0.15) is 29.6 Å². The molecule has 1 aromatic carbocycles. The first-order valence-corrected chi connectivity index (χ1v) is 8.51. The second kappa shape index (κ2) is 7.25. The van der Waals surface area contributed by atoms with Gasteiger partial charge in [0.05, 0.1) is 6.54 Å². The number of Topliss-reactive ketones (excluding diaryl/α,β-unsaturated/α-hetero) is 1. The fourth-order valence-corrected chi connectivity index (χ4v) is 3.31. The molecule has 4 nitrogen and oxygen atoms in total. The maximum absolute atomic E-state index is 12.4. The van der Waals surface area contributed by atoms with Crippen LogP contribution < -0.4 is 4.90 Å². The highest BCUT2D eigenvalue weighted by molar-refractivity contribution is 5.97. The monoisotopic (exact) mass is 301 g/mol. The van der Waals surface area contributed by atoms with Crippen LogP contribution in [0.4, 0.5) is 5.69 Å². The molecule has 2 saturated heterocycles. The lowest BCUT2D eigenvalue weighted by molar-refractivity contribution is 0.0876. The van der Waals surface area contributed by atoms with Crippen molar-refractivity contribution in [2.45, 2.75) is 19.3 Å². The Balaban J connectivity index is 1.56. The molecule has 22 heavy (non-hydrogen) atoms. The molecular weight excluding hydrogens is 274 g/mol. The highest BCUT2D eigenvalue weighted by atomic mass is 16.1. The summed E-state index contributed by atoms with van der Waals surface area (Å²) in [5, 5.41) is 0. The van der Waals surface area contributed by atoms with E-state index < -0.39 is 0 Å². The van der Waals surface area contributed by atoms with E-state index in [-0.39, 0.29) is 5.78 Å². The smallest absolute Gasteiger partial charge is 0.176 e. The van der Waals surface area contributed by atoms with Crippen LogP contribution in [0.2, 0.25) is 0 Å². The fourth-order valence-electron chi connectivity index (χ4n) is 3.31. The molecule has 0 spiro atoms. The Morgan fingerprint density at radius 3 is 2.18 bits per heavy atom. The van der Waals surface area contributed by atoms with E-state index >= 15 is 0 Å². The summed E-state index contributed by atoms with van der Waals surface area (Å²) in [5.41, 5.74) is 2.11. The molecule has 120 valence electrons. The van der Waals surface area contributed by atoms with Crippen LogP contribution >= 0.6 is 0 Å². The lowest BCUT2D eigenvalue weighted by Crippen LogP contribution is -2.46. The summed E-state index contributed by atoms with van der Waals surface area (Å²) in [4.78, 5) is 19.4. The molecule has 1 aromatic rings. The van der Waals surface area contributed by atoms with Crippen molar-refractivity contribution < 1.29 is 4.79 Å². The van der Waals surface area contributed by atoms with E-state index in [1.165, 1.54) is 24.9 Å². The van der Waals surface area contributed by atoms with Crippen molar-refractivity contribution in [3.63, 3.8) is 0 Å². The Hall–Kier alpha value is -1.39. The van der Waals surface area contributed by atoms with Crippen molar-refractivity contribution in [3.05, 3.63) is 29.8 Å². The molecule has 2 heterocycles. The van der Waals surface area contributed by atoms with Gasteiger partial charge in [0.15, 0.2) is 5.78 Å². The van der Waals surface area contributed by atoms with Gasteiger partial charge in [0.1, 0.15) is 0 Å². The minimum atomic E-state index is 0.245. The molecule has 0 saturated carbocycles. The Bertz CT molecular complexity index is 486. The normalized spacial score (nSPS) is 21.0. The zero-order chi connectivity index (χ0) is 15.4. The van der Waals surface area contributed by atoms with Gasteiger partial charge in [-0.25, -0.2) is 0 Å². The van der Waals surface area contributed by atoms with Gasteiger partial charge in [-0.05, 0) is 50.6 Å². The molecule has 0 radical (unpaired) electrons. The first-order valence-electron chi connectivity index (χ1n) is 8.51. The average molecular weight is 301 g/mol.